The minimum atomic E-state index is -1.32. The van der Waals surface area contributed by atoms with Crippen LogP contribution < -0.4 is 15.0 Å². The Bertz CT molecular complexity index is 1580. The summed E-state index contributed by atoms with van der Waals surface area (Å²) in [5.74, 6) is -3.16. The number of allylic oxidation sites excluding steroid dienone is 1. The van der Waals surface area contributed by atoms with Gasteiger partial charge in [-0.25, -0.2) is 0 Å². The summed E-state index contributed by atoms with van der Waals surface area (Å²) in [7, 11) is 1.56. The van der Waals surface area contributed by atoms with Gasteiger partial charge in [-0.3, -0.25) is 19.2 Å². The normalized spacial score (nSPS) is 25.7. The van der Waals surface area contributed by atoms with Crippen LogP contribution in [0.25, 0.3) is 0 Å². The van der Waals surface area contributed by atoms with Gasteiger partial charge in [0.2, 0.25) is 11.8 Å². The molecule has 11 nitrogen and oxygen atoms in total. The zero-order chi connectivity index (χ0) is 36.9. The second-order valence-electron chi connectivity index (χ2n) is 13.8. The SMILES string of the molecule is C=CCCC(=O)N[C@H](C)[C@@H](OC(=O)[C@@H]1[C@@H]2CC[C@]3(O2)[C@H](C(=O)N(CC=C)c2ccc(OC)cc2)N([C@@H](CO)[C@@H](C)CC)C(=O)[C@@H]13)c1ccccc1. The summed E-state index contributed by atoms with van der Waals surface area (Å²) in [6.45, 7) is 13.0. The number of amides is 3. The van der Waals surface area contributed by atoms with Crippen LogP contribution in [-0.4, -0.2) is 83.8 Å². The summed E-state index contributed by atoms with van der Waals surface area (Å²) in [6, 6.07) is 13.8. The summed E-state index contributed by atoms with van der Waals surface area (Å²) in [5, 5.41) is 13.7. The van der Waals surface area contributed by atoms with E-state index in [0.29, 0.717) is 42.7 Å². The molecular formula is C40H51N3O8. The highest BCUT2D eigenvalue weighted by Gasteiger charge is 2.76. The Labute approximate surface area is 300 Å². The van der Waals surface area contributed by atoms with Crippen molar-refractivity contribution in [2.75, 3.05) is 25.2 Å². The lowest BCUT2D eigenvalue weighted by molar-refractivity contribution is -0.162. The number of benzene rings is 2. The van der Waals surface area contributed by atoms with E-state index in [2.05, 4.69) is 18.5 Å². The van der Waals surface area contributed by atoms with Crippen LogP contribution in [0.15, 0.2) is 79.9 Å². The van der Waals surface area contributed by atoms with Gasteiger partial charge in [-0.1, -0.05) is 62.8 Å². The highest BCUT2D eigenvalue weighted by molar-refractivity contribution is 6.05. The van der Waals surface area contributed by atoms with E-state index in [1.807, 2.05) is 44.2 Å². The highest BCUT2D eigenvalue weighted by atomic mass is 16.6. The minimum absolute atomic E-state index is 0.154. The number of carbonyl (C=O) groups excluding carboxylic acids is 4. The fourth-order valence-electron chi connectivity index (χ4n) is 8.11. The third-order valence-corrected chi connectivity index (χ3v) is 10.8. The summed E-state index contributed by atoms with van der Waals surface area (Å²) < 4.78 is 18.3. The Hall–Kier alpha value is -4.48. The van der Waals surface area contributed by atoms with Gasteiger partial charge in [-0.15, -0.1) is 13.2 Å². The van der Waals surface area contributed by atoms with Crippen LogP contribution in [0, 0.1) is 17.8 Å². The lowest BCUT2D eigenvalue weighted by atomic mass is 9.70. The van der Waals surface area contributed by atoms with Gasteiger partial charge in [0.25, 0.3) is 5.91 Å². The molecule has 2 aromatic carbocycles. The van der Waals surface area contributed by atoms with E-state index in [4.69, 9.17) is 14.2 Å². The molecule has 0 saturated carbocycles. The fourth-order valence-corrected chi connectivity index (χ4v) is 8.11. The molecule has 5 rings (SSSR count). The monoisotopic (exact) mass is 701 g/mol. The molecule has 3 aliphatic heterocycles. The van der Waals surface area contributed by atoms with Crippen LogP contribution in [0.2, 0.25) is 0 Å². The fraction of sp³-hybridized carbons (Fsp3) is 0.500. The quantitative estimate of drug-likeness (QED) is 0.178. The predicted octanol–water partition coefficient (Wildman–Crippen LogP) is 4.75. The van der Waals surface area contributed by atoms with Crippen molar-refractivity contribution in [2.24, 2.45) is 17.8 Å². The number of carbonyl (C=O) groups is 4. The van der Waals surface area contributed by atoms with E-state index in [1.165, 1.54) is 4.90 Å². The number of likely N-dealkylation sites (tertiary alicyclic amines) is 1. The lowest BCUT2D eigenvalue weighted by Crippen LogP contribution is -2.60. The van der Waals surface area contributed by atoms with Crippen molar-refractivity contribution in [1.82, 2.24) is 10.2 Å². The molecule has 1 spiro atoms. The molecule has 3 fully saturated rings. The molecule has 9 atom stereocenters. The smallest absolute Gasteiger partial charge is 0.313 e. The van der Waals surface area contributed by atoms with Gasteiger partial charge in [0.1, 0.15) is 23.5 Å². The van der Waals surface area contributed by atoms with Crippen molar-refractivity contribution >= 4 is 29.4 Å². The maximum Gasteiger partial charge on any atom is 0.313 e. The van der Waals surface area contributed by atoms with Gasteiger partial charge in [0.05, 0.1) is 43.7 Å². The van der Waals surface area contributed by atoms with Crippen LogP contribution in [-0.2, 0) is 28.7 Å². The van der Waals surface area contributed by atoms with E-state index in [1.54, 1.807) is 55.4 Å². The lowest BCUT2D eigenvalue weighted by Gasteiger charge is -2.40. The Morgan fingerprint density at radius 3 is 2.43 bits per heavy atom. The Kier molecular flexibility index (Phi) is 12.0. The Morgan fingerprint density at radius 2 is 1.82 bits per heavy atom. The molecule has 3 amide bonds. The molecule has 0 aliphatic carbocycles. The molecule has 0 radical (unpaired) electrons. The number of fused-ring (bicyclic) bond motifs is 1. The van der Waals surface area contributed by atoms with Crippen molar-refractivity contribution < 1.29 is 38.5 Å². The maximum absolute atomic E-state index is 14.9. The first kappa shape index (κ1) is 37.8. The number of nitrogens with zero attached hydrogens (tertiary/aromatic N) is 2. The number of methoxy groups -OCH3 is 1. The van der Waals surface area contributed by atoms with Gasteiger partial charge in [0, 0.05) is 18.7 Å². The molecule has 3 saturated heterocycles. The van der Waals surface area contributed by atoms with Gasteiger partial charge < -0.3 is 34.4 Å². The summed E-state index contributed by atoms with van der Waals surface area (Å²) in [4.78, 5) is 59.9. The van der Waals surface area contributed by atoms with E-state index in [9.17, 15) is 24.3 Å². The summed E-state index contributed by atoms with van der Waals surface area (Å²) in [6.07, 6.45) is 4.00. The standard InChI is InChI=1S/C40H51N3O8/c1-7-10-16-32(45)41-26(5)35(27-14-12-11-13-15-27)50-39(48)33-31-21-22-40(51-31)34(33)37(46)43(30(24-44)25(4)9-3)36(40)38(47)42(23-8-2)28-17-19-29(49-6)20-18-28/h7-8,11-15,17-20,25-26,30-31,33-36,44H,1-2,9-10,16,21-24H2,3-6H3,(H,41,45)/t25-,26+,30-,31-,33+,34+,35+,36-,40+/m0/s1. The first-order valence-electron chi connectivity index (χ1n) is 17.9. The van der Waals surface area contributed by atoms with Gasteiger partial charge in [-0.05, 0) is 61.9 Å². The minimum Gasteiger partial charge on any atom is -0.497 e. The second-order valence-corrected chi connectivity index (χ2v) is 13.8. The molecule has 0 unspecified atom stereocenters. The summed E-state index contributed by atoms with van der Waals surface area (Å²) in [5.41, 5.74) is -0.0529. The zero-order valence-corrected chi connectivity index (χ0v) is 30.0. The number of ether oxygens (including phenoxy) is 3. The number of aliphatic hydroxyl groups excluding tert-OH is 1. The Balaban J connectivity index is 1.52. The topological polar surface area (TPSA) is 135 Å². The van der Waals surface area contributed by atoms with Crippen LogP contribution in [0.5, 0.6) is 5.75 Å². The molecule has 2 aromatic rings. The molecule has 274 valence electrons. The van der Waals surface area contributed by atoms with E-state index < -0.39 is 59.6 Å². The molecule has 3 aliphatic rings. The van der Waals surface area contributed by atoms with E-state index in [-0.39, 0.29) is 37.3 Å². The maximum atomic E-state index is 14.9. The molecule has 3 heterocycles. The van der Waals surface area contributed by atoms with Crippen LogP contribution >= 0.6 is 0 Å². The van der Waals surface area contributed by atoms with Crippen molar-refractivity contribution in [3.63, 3.8) is 0 Å². The average Bonchev–Trinajstić information content (AvgIpc) is 3.79. The zero-order valence-electron chi connectivity index (χ0n) is 30.0. The number of esters is 1. The van der Waals surface area contributed by atoms with Crippen molar-refractivity contribution in [3.8, 4) is 5.75 Å². The molecular weight excluding hydrogens is 650 g/mol. The number of aliphatic hydroxyl groups is 1. The van der Waals surface area contributed by atoms with Crippen LogP contribution in [0.3, 0.4) is 0 Å². The van der Waals surface area contributed by atoms with Gasteiger partial charge in [-0.2, -0.15) is 0 Å². The molecule has 11 heteroatoms. The first-order chi connectivity index (χ1) is 24.6. The number of rotatable bonds is 17. The van der Waals surface area contributed by atoms with Crippen LogP contribution in [0.4, 0.5) is 5.69 Å². The average molecular weight is 702 g/mol. The van der Waals surface area contributed by atoms with Crippen molar-refractivity contribution in [2.45, 2.75) is 88.8 Å². The van der Waals surface area contributed by atoms with E-state index in [0.717, 1.165) is 0 Å². The number of hydrogen-bond donors (Lipinski definition) is 2. The predicted molar refractivity (Wildman–Crippen MR) is 193 cm³/mol. The largest absolute Gasteiger partial charge is 0.497 e. The number of hydrogen-bond acceptors (Lipinski definition) is 8. The van der Waals surface area contributed by atoms with Gasteiger partial charge >= 0.3 is 5.97 Å². The van der Waals surface area contributed by atoms with E-state index >= 15 is 0 Å². The molecule has 0 aromatic heterocycles. The second kappa shape index (κ2) is 16.2. The molecule has 2 bridgehead atoms. The van der Waals surface area contributed by atoms with Crippen molar-refractivity contribution in [3.05, 3.63) is 85.5 Å². The third-order valence-electron chi connectivity index (χ3n) is 10.8. The summed E-state index contributed by atoms with van der Waals surface area (Å²) >= 11 is 0. The number of nitrogens with one attached hydrogen (secondary N) is 1. The molecule has 2 N–H and O–H groups in total. The Morgan fingerprint density at radius 1 is 1.12 bits per heavy atom. The highest BCUT2D eigenvalue weighted by Crippen LogP contribution is 2.59. The van der Waals surface area contributed by atoms with Crippen LogP contribution in [0.1, 0.15) is 64.5 Å². The molecule has 51 heavy (non-hydrogen) atoms. The number of anilines is 1. The van der Waals surface area contributed by atoms with Gasteiger partial charge in [0.15, 0.2) is 0 Å². The first-order valence-corrected chi connectivity index (χ1v) is 17.9. The third kappa shape index (κ3) is 7.19. The van der Waals surface area contributed by atoms with Crippen molar-refractivity contribution in [1.29, 1.82) is 0 Å².